The maximum atomic E-state index is 11.8. The molecule has 2 saturated heterocycles. The van der Waals surface area contributed by atoms with Crippen LogP contribution in [0.5, 0.6) is 0 Å². The molecule has 0 spiro atoms. The molecule has 1 N–H and O–H groups in total. The van der Waals surface area contributed by atoms with E-state index in [-0.39, 0.29) is 11.8 Å². The normalized spacial score (nSPS) is 27.9. The Bertz CT molecular complexity index is 286. The monoisotopic (exact) mass is 242 g/mol. The molecule has 2 heterocycles. The van der Waals surface area contributed by atoms with E-state index in [9.17, 15) is 9.59 Å². The minimum Gasteiger partial charge on any atom is -0.383 e. The van der Waals surface area contributed by atoms with Crippen LogP contribution in [0.2, 0.25) is 0 Å². The summed E-state index contributed by atoms with van der Waals surface area (Å²) in [6.45, 7) is 2.35. The molecule has 96 valence electrons. The van der Waals surface area contributed by atoms with Gasteiger partial charge in [0, 0.05) is 26.7 Å². The van der Waals surface area contributed by atoms with Crippen molar-refractivity contribution in [3.05, 3.63) is 0 Å². The van der Waals surface area contributed by atoms with Gasteiger partial charge in [-0.2, -0.15) is 0 Å². The summed E-state index contributed by atoms with van der Waals surface area (Å²) < 4.78 is 10.2. The second-order valence-electron chi connectivity index (χ2n) is 4.26. The van der Waals surface area contributed by atoms with E-state index in [0.717, 1.165) is 6.54 Å². The fourth-order valence-corrected chi connectivity index (χ4v) is 2.17. The van der Waals surface area contributed by atoms with Gasteiger partial charge in [0.15, 0.2) is 0 Å². The Morgan fingerprint density at radius 1 is 1.29 bits per heavy atom. The smallest absolute Gasteiger partial charge is 0.258 e. The molecular formula is C11H18N2O4. The third-order valence-corrected chi connectivity index (χ3v) is 3.10. The van der Waals surface area contributed by atoms with Crippen molar-refractivity contribution < 1.29 is 19.1 Å². The van der Waals surface area contributed by atoms with E-state index in [2.05, 4.69) is 5.32 Å². The number of morpholine rings is 1. The summed E-state index contributed by atoms with van der Waals surface area (Å²) in [7, 11) is 1.63. The summed E-state index contributed by atoms with van der Waals surface area (Å²) >= 11 is 0. The van der Waals surface area contributed by atoms with E-state index < -0.39 is 12.2 Å². The van der Waals surface area contributed by atoms with Crippen LogP contribution in [0, 0.1) is 0 Å². The number of hydrogen-bond donors (Lipinski definition) is 1. The lowest BCUT2D eigenvalue weighted by Gasteiger charge is -2.29. The molecule has 0 saturated carbocycles. The van der Waals surface area contributed by atoms with Gasteiger partial charge in [0.1, 0.15) is 12.2 Å². The predicted octanol–water partition coefficient (Wildman–Crippen LogP) is -0.861. The zero-order valence-corrected chi connectivity index (χ0v) is 9.98. The summed E-state index contributed by atoms with van der Waals surface area (Å²) in [5.74, 6) is -0.366. The lowest BCUT2D eigenvalue weighted by atomic mass is 10.2. The first-order valence-corrected chi connectivity index (χ1v) is 5.94. The van der Waals surface area contributed by atoms with Crippen LogP contribution in [-0.4, -0.2) is 62.3 Å². The second-order valence-corrected chi connectivity index (χ2v) is 4.26. The fraction of sp³-hybridized carbons (Fsp3) is 0.818. The number of carbonyl (C=O) groups is 2. The lowest BCUT2D eigenvalue weighted by Crippen LogP contribution is -2.53. The second kappa shape index (κ2) is 5.57. The molecule has 2 atom stereocenters. The number of carbonyl (C=O) groups excluding carboxylic acids is 2. The average molecular weight is 242 g/mol. The number of likely N-dealkylation sites (tertiary alicyclic amines) is 1. The molecule has 0 aliphatic carbocycles. The van der Waals surface area contributed by atoms with Crippen molar-refractivity contribution in [3.63, 3.8) is 0 Å². The Hall–Kier alpha value is -0.980. The number of fused-ring (bicyclic) bond motifs is 2. The van der Waals surface area contributed by atoms with Crippen LogP contribution in [0.15, 0.2) is 0 Å². The maximum Gasteiger partial charge on any atom is 0.258 e. The topological polar surface area (TPSA) is 67.9 Å². The van der Waals surface area contributed by atoms with Crippen molar-refractivity contribution in [1.29, 1.82) is 0 Å². The first kappa shape index (κ1) is 12.5. The number of imide groups is 1. The van der Waals surface area contributed by atoms with Gasteiger partial charge < -0.3 is 14.8 Å². The molecule has 0 aromatic carbocycles. The minimum absolute atomic E-state index is 0.183. The molecule has 2 amide bonds. The molecular weight excluding hydrogens is 224 g/mol. The molecule has 2 fully saturated rings. The third kappa shape index (κ3) is 2.65. The fourth-order valence-electron chi connectivity index (χ4n) is 2.17. The van der Waals surface area contributed by atoms with Crippen LogP contribution in [0.1, 0.15) is 12.8 Å². The van der Waals surface area contributed by atoms with E-state index in [1.54, 1.807) is 7.11 Å². The maximum absolute atomic E-state index is 11.8. The Morgan fingerprint density at radius 3 is 2.53 bits per heavy atom. The van der Waals surface area contributed by atoms with Gasteiger partial charge >= 0.3 is 0 Å². The van der Waals surface area contributed by atoms with Gasteiger partial charge in [0.05, 0.1) is 6.61 Å². The highest BCUT2D eigenvalue weighted by Crippen LogP contribution is 2.27. The van der Waals surface area contributed by atoms with Gasteiger partial charge in [-0.1, -0.05) is 0 Å². The molecule has 17 heavy (non-hydrogen) atoms. The van der Waals surface area contributed by atoms with E-state index in [4.69, 9.17) is 9.47 Å². The van der Waals surface area contributed by atoms with Crippen molar-refractivity contribution in [2.45, 2.75) is 25.0 Å². The number of amides is 2. The number of nitrogens with zero attached hydrogens (tertiary/aromatic N) is 1. The quantitative estimate of drug-likeness (QED) is 0.485. The SMILES string of the molecule is COCCNCCN1C(=O)C2CCC(O2)C1=O. The average Bonchev–Trinajstić information content (AvgIpc) is 2.77. The summed E-state index contributed by atoms with van der Waals surface area (Å²) in [6.07, 6.45) is 0.555. The highest BCUT2D eigenvalue weighted by Gasteiger charge is 2.45. The Morgan fingerprint density at radius 2 is 1.94 bits per heavy atom. The molecule has 2 unspecified atom stereocenters. The highest BCUT2D eigenvalue weighted by atomic mass is 16.5. The first-order chi connectivity index (χ1) is 8.24. The molecule has 0 aromatic heterocycles. The minimum atomic E-state index is -0.392. The van der Waals surface area contributed by atoms with Gasteiger partial charge in [-0.15, -0.1) is 0 Å². The van der Waals surface area contributed by atoms with Gasteiger partial charge in [0.25, 0.3) is 11.8 Å². The predicted molar refractivity (Wildman–Crippen MR) is 59.4 cm³/mol. The van der Waals surface area contributed by atoms with E-state index in [0.29, 0.717) is 32.5 Å². The number of hydrogen-bond acceptors (Lipinski definition) is 5. The first-order valence-electron chi connectivity index (χ1n) is 5.94. The molecule has 2 aliphatic rings. The summed E-state index contributed by atoms with van der Waals surface area (Å²) in [4.78, 5) is 25.0. The summed E-state index contributed by atoms with van der Waals surface area (Å²) in [6, 6.07) is 0. The van der Waals surface area contributed by atoms with Crippen LogP contribution in [0.3, 0.4) is 0 Å². The van der Waals surface area contributed by atoms with E-state index in [1.807, 2.05) is 0 Å². The van der Waals surface area contributed by atoms with E-state index in [1.165, 1.54) is 4.90 Å². The number of ether oxygens (including phenoxy) is 2. The van der Waals surface area contributed by atoms with Crippen LogP contribution in [-0.2, 0) is 19.1 Å². The zero-order valence-electron chi connectivity index (χ0n) is 9.98. The summed E-state index contributed by atoms with van der Waals surface area (Å²) in [5.41, 5.74) is 0. The van der Waals surface area contributed by atoms with Crippen molar-refractivity contribution in [3.8, 4) is 0 Å². The molecule has 2 aliphatic heterocycles. The van der Waals surface area contributed by atoms with Gasteiger partial charge in [-0.05, 0) is 12.8 Å². The van der Waals surface area contributed by atoms with Gasteiger partial charge in [-0.25, -0.2) is 0 Å². The largest absolute Gasteiger partial charge is 0.383 e. The number of rotatable bonds is 6. The molecule has 2 bridgehead atoms. The standard InChI is InChI=1S/C11H18N2O4/c1-16-7-5-12-4-6-13-10(14)8-2-3-9(17-8)11(13)15/h8-9,12H,2-7H2,1H3. The Kier molecular flexibility index (Phi) is 4.09. The molecule has 0 radical (unpaired) electrons. The van der Waals surface area contributed by atoms with Gasteiger partial charge in [-0.3, -0.25) is 14.5 Å². The van der Waals surface area contributed by atoms with Crippen LogP contribution < -0.4 is 5.32 Å². The van der Waals surface area contributed by atoms with Crippen LogP contribution >= 0.6 is 0 Å². The molecule has 2 rings (SSSR count). The molecule has 6 heteroatoms. The third-order valence-electron chi connectivity index (χ3n) is 3.10. The van der Waals surface area contributed by atoms with Crippen molar-refractivity contribution >= 4 is 11.8 Å². The lowest BCUT2D eigenvalue weighted by molar-refractivity contribution is -0.168. The van der Waals surface area contributed by atoms with E-state index >= 15 is 0 Å². The number of methoxy groups -OCH3 is 1. The molecule has 0 aromatic rings. The Balaban J connectivity index is 1.79. The Labute approximate surface area is 100 Å². The highest BCUT2D eigenvalue weighted by molar-refractivity contribution is 6.02. The van der Waals surface area contributed by atoms with Crippen molar-refractivity contribution in [1.82, 2.24) is 10.2 Å². The number of nitrogens with one attached hydrogen (secondary N) is 1. The van der Waals surface area contributed by atoms with Crippen molar-refractivity contribution in [2.75, 3.05) is 33.4 Å². The van der Waals surface area contributed by atoms with Gasteiger partial charge in [0.2, 0.25) is 0 Å². The zero-order chi connectivity index (χ0) is 12.3. The van der Waals surface area contributed by atoms with Crippen LogP contribution in [0.4, 0.5) is 0 Å². The summed E-state index contributed by atoms with van der Waals surface area (Å²) in [5, 5.41) is 3.11. The van der Waals surface area contributed by atoms with Crippen LogP contribution in [0.25, 0.3) is 0 Å². The van der Waals surface area contributed by atoms with Crippen molar-refractivity contribution in [2.24, 2.45) is 0 Å². The molecule has 6 nitrogen and oxygen atoms in total.